The monoisotopic (exact) mass is 237 g/mol. The van der Waals surface area contributed by atoms with Crippen molar-refractivity contribution in [1.82, 2.24) is 9.97 Å². The van der Waals surface area contributed by atoms with Crippen LogP contribution in [0.5, 0.6) is 0 Å². The quantitative estimate of drug-likeness (QED) is 0.781. The molecule has 0 atom stereocenters. The second-order valence-corrected chi connectivity index (χ2v) is 5.00. The van der Waals surface area contributed by atoms with Crippen LogP contribution < -0.4 is 16.0 Å². The molecule has 3 N–H and O–H groups in total. The summed E-state index contributed by atoms with van der Waals surface area (Å²) >= 11 is 0. The molecule has 1 rings (SSSR count). The van der Waals surface area contributed by atoms with Gasteiger partial charge in [-0.25, -0.2) is 9.97 Å². The van der Waals surface area contributed by atoms with Crippen LogP contribution in [0.25, 0.3) is 0 Å². The van der Waals surface area contributed by atoms with Gasteiger partial charge >= 0.3 is 0 Å². The first-order chi connectivity index (χ1) is 7.98. The van der Waals surface area contributed by atoms with Crippen molar-refractivity contribution in [3.8, 4) is 0 Å². The lowest BCUT2D eigenvalue weighted by Crippen LogP contribution is -2.31. The summed E-state index contributed by atoms with van der Waals surface area (Å²) in [6, 6.07) is 1.95. The molecule has 0 aliphatic rings. The van der Waals surface area contributed by atoms with E-state index in [-0.39, 0.29) is 5.41 Å². The van der Waals surface area contributed by atoms with E-state index in [1.165, 1.54) is 0 Å². The van der Waals surface area contributed by atoms with Crippen LogP contribution in [-0.4, -0.2) is 36.6 Å². The van der Waals surface area contributed by atoms with Gasteiger partial charge in [-0.3, -0.25) is 0 Å². The highest BCUT2D eigenvalue weighted by atomic mass is 15.2. The Morgan fingerprint density at radius 3 is 2.71 bits per heavy atom. The minimum absolute atomic E-state index is 0.0712. The first kappa shape index (κ1) is 13.7. The fourth-order valence-electron chi connectivity index (χ4n) is 1.22. The molecule has 5 nitrogen and oxygen atoms in total. The summed E-state index contributed by atoms with van der Waals surface area (Å²) in [5, 5.41) is 3.30. The van der Waals surface area contributed by atoms with Gasteiger partial charge in [-0.2, -0.15) is 0 Å². The van der Waals surface area contributed by atoms with E-state index in [9.17, 15) is 0 Å². The fraction of sp³-hybridized carbons (Fsp3) is 0.667. The standard InChI is InChI=1S/C12H23N5/c1-5-17(4)11-6-10(15-9-16-11)14-8-12(2,3)7-13/h6,9H,5,7-8,13H2,1-4H3,(H,14,15,16). The summed E-state index contributed by atoms with van der Waals surface area (Å²) in [4.78, 5) is 10.5. The maximum absolute atomic E-state index is 5.69. The molecule has 0 fully saturated rings. The normalized spacial score (nSPS) is 11.4. The Bertz CT molecular complexity index is 351. The van der Waals surface area contributed by atoms with Gasteiger partial charge in [0.15, 0.2) is 0 Å². The number of rotatable bonds is 6. The Hall–Kier alpha value is -1.36. The zero-order valence-electron chi connectivity index (χ0n) is 11.2. The highest BCUT2D eigenvalue weighted by Gasteiger charge is 2.15. The van der Waals surface area contributed by atoms with Crippen LogP contribution in [0, 0.1) is 5.41 Å². The zero-order valence-corrected chi connectivity index (χ0v) is 11.2. The average Bonchev–Trinajstić information content (AvgIpc) is 2.36. The SMILES string of the molecule is CCN(C)c1cc(NCC(C)(C)CN)ncn1. The van der Waals surface area contributed by atoms with Gasteiger partial charge in [-0.15, -0.1) is 0 Å². The molecule has 0 aliphatic heterocycles. The Balaban J connectivity index is 2.66. The molecule has 0 radical (unpaired) electrons. The van der Waals surface area contributed by atoms with Gasteiger partial charge in [0.1, 0.15) is 18.0 Å². The summed E-state index contributed by atoms with van der Waals surface area (Å²) in [6.07, 6.45) is 1.58. The molecule has 0 aliphatic carbocycles. The van der Waals surface area contributed by atoms with E-state index in [0.717, 1.165) is 24.7 Å². The van der Waals surface area contributed by atoms with E-state index in [2.05, 4.69) is 41.0 Å². The molecule has 0 bridgehead atoms. The van der Waals surface area contributed by atoms with Gasteiger partial charge in [0.05, 0.1) is 0 Å². The highest BCUT2D eigenvalue weighted by Crippen LogP contribution is 2.16. The summed E-state index contributed by atoms with van der Waals surface area (Å²) in [6.45, 7) is 8.71. The van der Waals surface area contributed by atoms with E-state index in [1.54, 1.807) is 6.33 Å². The van der Waals surface area contributed by atoms with E-state index in [0.29, 0.717) is 6.54 Å². The van der Waals surface area contributed by atoms with Crippen LogP contribution in [0.2, 0.25) is 0 Å². The fourth-order valence-corrected chi connectivity index (χ4v) is 1.22. The van der Waals surface area contributed by atoms with Crippen molar-refractivity contribution >= 4 is 11.6 Å². The van der Waals surface area contributed by atoms with Gasteiger partial charge in [0.2, 0.25) is 0 Å². The van der Waals surface area contributed by atoms with Crippen molar-refractivity contribution in [2.75, 3.05) is 36.9 Å². The Morgan fingerprint density at radius 1 is 1.41 bits per heavy atom. The molecule has 1 heterocycles. The van der Waals surface area contributed by atoms with Gasteiger partial charge < -0.3 is 16.0 Å². The molecule has 96 valence electrons. The third-order valence-corrected chi connectivity index (χ3v) is 2.82. The lowest BCUT2D eigenvalue weighted by atomic mass is 9.94. The smallest absolute Gasteiger partial charge is 0.133 e. The molecule has 5 heteroatoms. The number of nitrogens with two attached hydrogens (primary N) is 1. The Morgan fingerprint density at radius 2 is 2.12 bits per heavy atom. The maximum atomic E-state index is 5.69. The number of nitrogens with zero attached hydrogens (tertiary/aromatic N) is 3. The van der Waals surface area contributed by atoms with Crippen molar-refractivity contribution < 1.29 is 0 Å². The van der Waals surface area contributed by atoms with Gasteiger partial charge in [-0.05, 0) is 18.9 Å². The molecule has 0 aromatic carbocycles. The predicted octanol–water partition coefficient (Wildman–Crippen LogP) is 1.33. The minimum Gasteiger partial charge on any atom is -0.369 e. The minimum atomic E-state index is 0.0712. The second kappa shape index (κ2) is 5.82. The molecular weight excluding hydrogens is 214 g/mol. The topological polar surface area (TPSA) is 67.1 Å². The van der Waals surface area contributed by atoms with Crippen molar-refractivity contribution in [1.29, 1.82) is 0 Å². The molecule has 0 amide bonds. The van der Waals surface area contributed by atoms with Gasteiger partial charge in [-0.1, -0.05) is 13.8 Å². The number of aromatic nitrogens is 2. The van der Waals surface area contributed by atoms with Crippen LogP contribution in [0.1, 0.15) is 20.8 Å². The summed E-state index contributed by atoms with van der Waals surface area (Å²) in [5.74, 6) is 1.77. The maximum Gasteiger partial charge on any atom is 0.133 e. The number of anilines is 2. The Labute approximate surface area is 103 Å². The molecule has 17 heavy (non-hydrogen) atoms. The van der Waals surface area contributed by atoms with E-state index in [1.807, 2.05) is 13.1 Å². The summed E-state index contributed by atoms with van der Waals surface area (Å²) in [5.41, 5.74) is 5.76. The van der Waals surface area contributed by atoms with Crippen LogP contribution in [0.4, 0.5) is 11.6 Å². The molecule has 1 aromatic heterocycles. The molecule has 1 aromatic rings. The van der Waals surface area contributed by atoms with Gasteiger partial charge in [0, 0.05) is 26.2 Å². The van der Waals surface area contributed by atoms with Crippen LogP contribution in [-0.2, 0) is 0 Å². The molecule has 0 unspecified atom stereocenters. The third kappa shape index (κ3) is 4.19. The first-order valence-electron chi connectivity index (χ1n) is 5.95. The number of hydrogen-bond donors (Lipinski definition) is 2. The lowest BCUT2D eigenvalue weighted by molar-refractivity contribution is 0.405. The van der Waals surface area contributed by atoms with Crippen LogP contribution in [0.15, 0.2) is 12.4 Å². The zero-order chi connectivity index (χ0) is 12.9. The second-order valence-electron chi connectivity index (χ2n) is 5.00. The molecule has 0 saturated carbocycles. The lowest BCUT2D eigenvalue weighted by Gasteiger charge is -2.23. The summed E-state index contributed by atoms with van der Waals surface area (Å²) < 4.78 is 0. The predicted molar refractivity (Wildman–Crippen MR) is 72.3 cm³/mol. The largest absolute Gasteiger partial charge is 0.369 e. The third-order valence-electron chi connectivity index (χ3n) is 2.82. The number of nitrogens with one attached hydrogen (secondary N) is 1. The van der Waals surface area contributed by atoms with Crippen molar-refractivity contribution in [3.63, 3.8) is 0 Å². The highest BCUT2D eigenvalue weighted by molar-refractivity contribution is 5.47. The Kier molecular flexibility index (Phi) is 4.69. The molecule has 0 spiro atoms. The van der Waals surface area contributed by atoms with Gasteiger partial charge in [0.25, 0.3) is 0 Å². The van der Waals surface area contributed by atoms with Crippen LogP contribution in [0.3, 0.4) is 0 Å². The van der Waals surface area contributed by atoms with E-state index < -0.39 is 0 Å². The number of hydrogen-bond acceptors (Lipinski definition) is 5. The van der Waals surface area contributed by atoms with Crippen molar-refractivity contribution in [2.24, 2.45) is 11.1 Å². The van der Waals surface area contributed by atoms with Crippen LogP contribution >= 0.6 is 0 Å². The molecular formula is C12H23N5. The molecule has 0 saturated heterocycles. The van der Waals surface area contributed by atoms with Crippen molar-refractivity contribution in [3.05, 3.63) is 12.4 Å². The average molecular weight is 237 g/mol. The first-order valence-corrected chi connectivity index (χ1v) is 5.95. The van der Waals surface area contributed by atoms with Crippen molar-refractivity contribution in [2.45, 2.75) is 20.8 Å². The summed E-state index contributed by atoms with van der Waals surface area (Å²) in [7, 11) is 2.01. The van der Waals surface area contributed by atoms with E-state index >= 15 is 0 Å². The van der Waals surface area contributed by atoms with E-state index in [4.69, 9.17) is 5.73 Å².